The Labute approximate surface area is 210 Å². The molecule has 7 nitrogen and oxygen atoms in total. The van der Waals surface area contributed by atoms with Crippen LogP contribution < -0.4 is 0 Å². The molecule has 1 N–H and O–H groups in total. The van der Waals surface area contributed by atoms with Gasteiger partial charge in [0.25, 0.3) is 0 Å². The van der Waals surface area contributed by atoms with Crippen LogP contribution in [0.4, 0.5) is 0 Å². The van der Waals surface area contributed by atoms with Crippen molar-refractivity contribution in [3.63, 3.8) is 0 Å². The minimum atomic E-state index is 0.0000985. The van der Waals surface area contributed by atoms with Gasteiger partial charge in [0.15, 0.2) is 0 Å². The molecule has 2 aromatic carbocycles. The highest BCUT2D eigenvalue weighted by Crippen LogP contribution is 2.34. The Morgan fingerprint density at radius 1 is 1.03 bits per heavy atom. The molecule has 1 fully saturated rings. The number of nitrogens with zero attached hydrogens (tertiary/aromatic N) is 4. The normalized spacial score (nSPS) is 15.7. The molecule has 4 aromatic rings. The monoisotopic (exact) mass is 482 g/mol. The van der Waals surface area contributed by atoms with Gasteiger partial charge in [-0.3, -0.25) is 4.98 Å². The Kier molecular flexibility index (Phi) is 7.18. The quantitative estimate of drug-likeness (QED) is 0.196. The van der Waals surface area contributed by atoms with Crippen LogP contribution in [0.2, 0.25) is 0 Å². The number of hydrogen-bond donors (Lipinski definition) is 1. The smallest absolute Gasteiger partial charge is 0.247 e. The van der Waals surface area contributed by atoms with Gasteiger partial charge in [0.2, 0.25) is 11.8 Å². The molecule has 0 amide bonds. The van der Waals surface area contributed by atoms with E-state index < -0.39 is 0 Å². The predicted molar refractivity (Wildman–Crippen MR) is 137 cm³/mol. The summed E-state index contributed by atoms with van der Waals surface area (Å²) in [6.07, 6.45) is 4.10. The van der Waals surface area contributed by atoms with Crippen molar-refractivity contribution in [1.82, 2.24) is 15.2 Å². The van der Waals surface area contributed by atoms with Crippen LogP contribution in [0.5, 0.6) is 0 Å². The van der Waals surface area contributed by atoms with Gasteiger partial charge in [0.05, 0.1) is 5.71 Å². The van der Waals surface area contributed by atoms with E-state index in [0.717, 1.165) is 48.4 Å². The standard InChI is InChI=1S/C29H30N4O3/c1-19-5-3-4-6-25(19)26(18-27(33-34)24-11-14-30-20(2)17-24)21-7-9-22(10-8-21)28-31-32-29(36-28)23-12-15-35-16-13-23/h3-11,14,17,23,26,34H,12-13,15-16,18H2,1-2H3. The summed E-state index contributed by atoms with van der Waals surface area (Å²) in [6, 6.07) is 20.4. The lowest BCUT2D eigenvalue weighted by Gasteiger charge is -2.21. The van der Waals surface area contributed by atoms with E-state index in [2.05, 4.69) is 51.5 Å². The Hall–Kier alpha value is -3.84. The topological polar surface area (TPSA) is 93.6 Å². The molecule has 36 heavy (non-hydrogen) atoms. The molecule has 0 spiro atoms. The first-order chi connectivity index (χ1) is 17.6. The average molecular weight is 483 g/mol. The zero-order valence-corrected chi connectivity index (χ0v) is 20.6. The Morgan fingerprint density at radius 2 is 1.81 bits per heavy atom. The van der Waals surface area contributed by atoms with Crippen molar-refractivity contribution in [2.24, 2.45) is 5.16 Å². The SMILES string of the molecule is Cc1cc(C(CC(c2ccc(-c3nnc(C4CCOCC4)o3)cc2)c2ccccc2C)=NO)ccn1. The lowest BCUT2D eigenvalue weighted by atomic mass is 9.83. The first kappa shape index (κ1) is 23.9. The highest BCUT2D eigenvalue weighted by atomic mass is 16.5. The molecule has 5 rings (SSSR count). The molecule has 1 aliphatic rings. The van der Waals surface area contributed by atoms with Crippen molar-refractivity contribution in [1.29, 1.82) is 0 Å². The van der Waals surface area contributed by atoms with E-state index in [4.69, 9.17) is 9.15 Å². The molecule has 1 saturated heterocycles. The van der Waals surface area contributed by atoms with E-state index in [9.17, 15) is 5.21 Å². The van der Waals surface area contributed by atoms with Crippen LogP contribution in [0.15, 0.2) is 76.4 Å². The molecule has 1 atom stereocenters. The van der Waals surface area contributed by atoms with Crippen molar-refractivity contribution >= 4 is 5.71 Å². The maximum atomic E-state index is 9.92. The van der Waals surface area contributed by atoms with Gasteiger partial charge in [-0.15, -0.1) is 10.2 Å². The molecule has 1 unspecified atom stereocenters. The molecule has 184 valence electrons. The molecule has 2 aromatic heterocycles. The van der Waals surface area contributed by atoms with E-state index in [0.29, 0.717) is 23.9 Å². The van der Waals surface area contributed by atoms with Crippen LogP contribution >= 0.6 is 0 Å². The third kappa shape index (κ3) is 5.21. The molecule has 3 heterocycles. The van der Waals surface area contributed by atoms with Crippen LogP contribution in [-0.4, -0.2) is 39.3 Å². The molecular formula is C29H30N4O3. The summed E-state index contributed by atoms with van der Waals surface area (Å²) in [7, 11) is 0. The lowest BCUT2D eigenvalue weighted by molar-refractivity contribution is 0.0795. The van der Waals surface area contributed by atoms with E-state index in [-0.39, 0.29) is 11.8 Å². The molecule has 0 saturated carbocycles. The Balaban J connectivity index is 1.44. The van der Waals surface area contributed by atoms with E-state index in [1.54, 1.807) is 6.20 Å². The van der Waals surface area contributed by atoms with Crippen LogP contribution in [0.25, 0.3) is 11.5 Å². The van der Waals surface area contributed by atoms with Crippen molar-refractivity contribution in [3.05, 3.63) is 101 Å². The molecule has 7 heteroatoms. The molecule has 0 bridgehead atoms. The highest BCUT2D eigenvalue weighted by Gasteiger charge is 2.23. The molecule has 1 aliphatic heterocycles. The third-order valence-corrected chi connectivity index (χ3v) is 6.88. The lowest BCUT2D eigenvalue weighted by Crippen LogP contribution is -2.14. The first-order valence-electron chi connectivity index (χ1n) is 12.3. The van der Waals surface area contributed by atoms with E-state index >= 15 is 0 Å². The molecule has 0 aliphatic carbocycles. The first-order valence-corrected chi connectivity index (χ1v) is 12.3. The second-order valence-electron chi connectivity index (χ2n) is 9.30. The second-order valence-corrected chi connectivity index (χ2v) is 9.30. The van der Waals surface area contributed by atoms with Crippen LogP contribution in [-0.2, 0) is 4.74 Å². The third-order valence-electron chi connectivity index (χ3n) is 6.88. The second kappa shape index (κ2) is 10.8. The van der Waals surface area contributed by atoms with Crippen molar-refractivity contribution in [2.75, 3.05) is 13.2 Å². The van der Waals surface area contributed by atoms with Crippen LogP contribution in [0.3, 0.4) is 0 Å². The summed E-state index contributed by atoms with van der Waals surface area (Å²) >= 11 is 0. The summed E-state index contributed by atoms with van der Waals surface area (Å²) in [4.78, 5) is 4.27. The van der Waals surface area contributed by atoms with Gasteiger partial charge >= 0.3 is 0 Å². The summed E-state index contributed by atoms with van der Waals surface area (Å²) in [6.45, 7) is 5.51. The van der Waals surface area contributed by atoms with Crippen molar-refractivity contribution in [2.45, 2.75) is 44.9 Å². The fourth-order valence-corrected chi connectivity index (χ4v) is 4.84. The number of pyridine rings is 1. The number of ether oxygens (including phenoxy) is 1. The fourth-order valence-electron chi connectivity index (χ4n) is 4.84. The number of aryl methyl sites for hydroxylation is 2. The summed E-state index contributed by atoms with van der Waals surface area (Å²) in [5, 5.41) is 22.2. The Morgan fingerprint density at radius 3 is 2.53 bits per heavy atom. The zero-order valence-electron chi connectivity index (χ0n) is 20.6. The molecule has 0 radical (unpaired) electrons. The number of rotatable bonds is 7. The minimum Gasteiger partial charge on any atom is -0.420 e. The van der Waals surface area contributed by atoms with Crippen LogP contribution in [0, 0.1) is 13.8 Å². The van der Waals surface area contributed by atoms with Gasteiger partial charge in [0.1, 0.15) is 0 Å². The Bertz CT molecular complexity index is 1340. The van der Waals surface area contributed by atoms with Crippen LogP contribution in [0.1, 0.15) is 64.9 Å². The minimum absolute atomic E-state index is 0.0000985. The van der Waals surface area contributed by atoms with Gasteiger partial charge < -0.3 is 14.4 Å². The number of aromatic nitrogens is 3. The molecular weight excluding hydrogens is 452 g/mol. The van der Waals surface area contributed by atoms with Gasteiger partial charge in [-0.05, 0) is 67.6 Å². The largest absolute Gasteiger partial charge is 0.420 e. The van der Waals surface area contributed by atoms with Crippen molar-refractivity contribution < 1.29 is 14.4 Å². The van der Waals surface area contributed by atoms with Gasteiger partial charge in [-0.1, -0.05) is 41.6 Å². The average Bonchev–Trinajstić information content (AvgIpc) is 3.41. The fraction of sp³-hybridized carbons (Fsp3) is 0.310. The predicted octanol–water partition coefficient (Wildman–Crippen LogP) is 6.04. The van der Waals surface area contributed by atoms with E-state index in [1.165, 1.54) is 11.1 Å². The summed E-state index contributed by atoms with van der Waals surface area (Å²) < 4.78 is 11.5. The maximum Gasteiger partial charge on any atom is 0.247 e. The van der Waals surface area contributed by atoms with E-state index in [1.807, 2.05) is 43.3 Å². The number of oxime groups is 1. The number of benzene rings is 2. The van der Waals surface area contributed by atoms with Crippen molar-refractivity contribution in [3.8, 4) is 11.5 Å². The summed E-state index contributed by atoms with van der Waals surface area (Å²) in [5.74, 6) is 1.48. The summed E-state index contributed by atoms with van der Waals surface area (Å²) in [5.41, 5.74) is 6.75. The number of hydrogen-bond acceptors (Lipinski definition) is 7. The van der Waals surface area contributed by atoms with Gasteiger partial charge in [-0.25, -0.2) is 0 Å². The van der Waals surface area contributed by atoms with Gasteiger partial charge in [0, 0.05) is 54.5 Å². The highest BCUT2D eigenvalue weighted by molar-refractivity contribution is 6.01. The maximum absolute atomic E-state index is 9.92. The zero-order chi connectivity index (χ0) is 24.9. The van der Waals surface area contributed by atoms with Gasteiger partial charge in [-0.2, -0.15) is 0 Å².